The SMILES string of the molecule is OCCc1ccc(-c2ccccc2)nc1. The molecular weight excluding hydrogens is 186 g/mol. The predicted octanol–water partition coefficient (Wildman–Crippen LogP) is 2.28. The van der Waals surface area contributed by atoms with Crippen molar-refractivity contribution in [3.63, 3.8) is 0 Å². The number of aromatic nitrogens is 1. The molecule has 1 aromatic heterocycles. The number of aliphatic hydroxyl groups excluding tert-OH is 1. The first kappa shape index (κ1) is 9.87. The van der Waals surface area contributed by atoms with E-state index in [1.54, 1.807) is 0 Å². The van der Waals surface area contributed by atoms with Gasteiger partial charge in [-0.05, 0) is 18.1 Å². The minimum atomic E-state index is 0.173. The number of benzene rings is 1. The lowest BCUT2D eigenvalue weighted by atomic mass is 10.1. The van der Waals surface area contributed by atoms with Gasteiger partial charge in [-0.15, -0.1) is 0 Å². The van der Waals surface area contributed by atoms with Crippen LogP contribution in [0.5, 0.6) is 0 Å². The van der Waals surface area contributed by atoms with E-state index in [9.17, 15) is 0 Å². The molecule has 1 heterocycles. The van der Waals surface area contributed by atoms with Gasteiger partial charge in [-0.2, -0.15) is 0 Å². The van der Waals surface area contributed by atoms with Crippen molar-refractivity contribution >= 4 is 0 Å². The third-order valence-corrected chi connectivity index (χ3v) is 2.29. The maximum Gasteiger partial charge on any atom is 0.0702 e. The van der Waals surface area contributed by atoms with Gasteiger partial charge in [0.15, 0.2) is 0 Å². The Kier molecular flexibility index (Phi) is 3.10. The first-order valence-corrected chi connectivity index (χ1v) is 5.01. The Hall–Kier alpha value is -1.67. The number of rotatable bonds is 3. The molecular formula is C13H13NO. The van der Waals surface area contributed by atoms with Crippen LogP contribution in [0.1, 0.15) is 5.56 Å². The van der Waals surface area contributed by atoms with E-state index in [-0.39, 0.29) is 6.61 Å². The van der Waals surface area contributed by atoms with E-state index < -0.39 is 0 Å². The molecule has 15 heavy (non-hydrogen) atoms. The quantitative estimate of drug-likeness (QED) is 0.822. The highest BCUT2D eigenvalue weighted by Crippen LogP contribution is 2.16. The number of aliphatic hydroxyl groups is 1. The maximum absolute atomic E-state index is 8.78. The van der Waals surface area contributed by atoms with Gasteiger partial charge in [0, 0.05) is 18.4 Å². The summed E-state index contributed by atoms with van der Waals surface area (Å²) in [5.41, 5.74) is 3.16. The Balaban J connectivity index is 2.24. The highest BCUT2D eigenvalue weighted by atomic mass is 16.2. The number of pyridine rings is 1. The molecule has 0 fully saturated rings. The van der Waals surface area contributed by atoms with Gasteiger partial charge in [0.1, 0.15) is 0 Å². The molecule has 2 nitrogen and oxygen atoms in total. The summed E-state index contributed by atoms with van der Waals surface area (Å²) < 4.78 is 0. The maximum atomic E-state index is 8.78. The Morgan fingerprint density at radius 3 is 2.40 bits per heavy atom. The van der Waals surface area contributed by atoms with Gasteiger partial charge in [0.25, 0.3) is 0 Å². The Morgan fingerprint density at radius 1 is 1.00 bits per heavy atom. The second-order valence-electron chi connectivity index (χ2n) is 3.39. The summed E-state index contributed by atoms with van der Waals surface area (Å²) in [5.74, 6) is 0. The minimum Gasteiger partial charge on any atom is -0.396 e. The zero-order valence-corrected chi connectivity index (χ0v) is 8.43. The average Bonchev–Trinajstić information content (AvgIpc) is 2.32. The number of hydrogen-bond acceptors (Lipinski definition) is 2. The molecule has 0 saturated carbocycles. The lowest BCUT2D eigenvalue weighted by molar-refractivity contribution is 0.299. The van der Waals surface area contributed by atoms with Crippen LogP contribution in [-0.2, 0) is 6.42 Å². The molecule has 2 heteroatoms. The predicted molar refractivity (Wildman–Crippen MR) is 60.5 cm³/mol. The molecule has 0 amide bonds. The summed E-state index contributed by atoms with van der Waals surface area (Å²) in [6.07, 6.45) is 2.49. The molecule has 1 aromatic carbocycles. The molecule has 0 aliphatic heterocycles. The van der Waals surface area contributed by atoms with Crippen LogP contribution in [0.25, 0.3) is 11.3 Å². The summed E-state index contributed by atoms with van der Waals surface area (Å²) >= 11 is 0. The Bertz CT molecular complexity index is 408. The van der Waals surface area contributed by atoms with Gasteiger partial charge >= 0.3 is 0 Å². The van der Waals surface area contributed by atoms with Crippen molar-refractivity contribution in [1.82, 2.24) is 4.98 Å². The Labute approximate surface area is 89.2 Å². The summed E-state index contributed by atoms with van der Waals surface area (Å²) in [5, 5.41) is 8.78. The third kappa shape index (κ3) is 2.42. The second-order valence-corrected chi connectivity index (χ2v) is 3.39. The van der Waals surface area contributed by atoms with Crippen molar-refractivity contribution in [1.29, 1.82) is 0 Å². The molecule has 0 saturated heterocycles. The van der Waals surface area contributed by atoms with Crippen LogP contribution in [0.2, 0.25) is 0 Å². The topological polar surface area (TPSA) is 33.1 Å². The van der Waals surface area contributed by atoms with Crippen molar-refractivity contribution in [3.05, 3.63) is 54.2 Å². The molecule has 1 N–H and O–H groups in total. The fourth-order valence-electron chi connectivity index (χ4n) is 1.48. The van der Waals surface area contributed by atoms with Crippen molar-refractivity contribution < 1.29 is 5.11 Å². The summed E-state index contributed by atoms with van der Waals surface area (Å²) in [4.78, 5) is 4.36. The van der Waals surface area contributed by atoms with Crippen LogP contribution in [0.4, 0.5) is 0 Å². The minimum absolute atomic E-state index is 0.173. The molecule has 0 spiro atoms. The van der Waals surface area contributed by atoms with Crippen LogP contribution in [-0.4, -0.2) is 16.7 Å². The normalized spacial score (nSPS) is 10.2. The van der Waals surface area contributed by atoms with Crippen LogP contribution < -0.4 is 0 Å². The number of nitrogens with zero attached hydrogens (tertiary/aromatic N) is 1. The van der Waals surface area contributed by atoms with E-state index in [0.29, 0.717) is 6.42 Å². The lowest BCUT2D eigenvalue weighted by Gasteiger charge is -2.01. The molecule has 0 unspecified atom stereocenters. The van der Waals surface area contributed by atoms with Gasteiger partial charge < -0.3 is 5.11 Å². The van der Waals surface area contributed by atoms with Crippen molar-refractivity contribution in [2.24, 2.45) is 0 Å². The zero-order chi connectivity index (χ0) is 10.5. The van der Waals surface area contributed by atoms with Gasteiger partial charge in [-0.25, -0.2) is 0 Å². The molecule has 0 aliphatic carbocycles. The van der Waals surface area contributed by atoms with E-state index in [4.69, 9.17) is 5.11 Å². The summed E-state index contributed by atoms with van der Waals surface area (Å²) in [6, 6.07) is 14.1. The van der Waals surface area contributed by atoms with Crippen molar-refractivity contribution in [3.8, 4) is 11.3 Å². The molecule has 2 rings (SSSR count). The second kappa shape index (κ2) is 4.71. The largest absolute Gasteiger partial charge is 0.396 e. The number of hydrogen-bond donors (Lipinski definition) is 1. The van der Waals surface area contributed by atoms with E-state index >= 15 is 0 Å². The highest BCUT2D eigenvalue weighted by molar-refractivity contribution is 5.58. The van der Waals surface area contributed by atoms with Crippen LogP contribution in [0.15, 0.2) is 48.7 Å². The smallest absolute Gasteiger partial charge is 0.0702 e. The van der Waals surface area contributed by atoms with Gasteiger partial charge in [-0.1, -0.05) is 36.4 Å². The molecule has 0 aliphatic rings. The summed E-state index contributed by atoms with van der Waals surface area (Å²) in [7, 11) is 0. The lowest BCUT2D eigenvalue weighted by Crippen LogP contribution is -1.92. The zero-order valence-electron chi connectivity index (χ0n) is 8.43. The summed E-state index contributed by atoms with van der Waals surface area (Å²) in [6.45, 7) is 0.173. The van der Waals surface area contributed by atoms with E-state index in [2.05, 4.69) is 4.98 Å². The van der Waals surface area contributed by atoms with Gasteiger partial charge in [0.2, 0.25) is 0 Å². The third-order valence-electron chi connectivity index (χ3n) is 2.29. The first-order valence-electron chi connectivity index (χ1n) is 5.01. The monoisotopic (exact) mass is 199 g/mol. The molecule has 2 aromatic rings. The fourth-order valence-corrected chi connectivity index (χ4v) is 1.48. The van der Waals surface area contributed by atoms with Gasteiger partial charge in [-0.3, -0.25) is 4.98 Å². The van der Waals surface area contributed by atoms with E-state index in [1.807, 2.05) is 48.7 Å². The van der Waals surface area contributed by atoms with E-state index in [0.717, 1.165) is 16.8 Å². The molecule has 0 atom stereocenters. The molecule has 0 bridgehead atoms. The van der Waals surface area contributed by atoms with Gasteiger partial charge in [0.05, 0.1) is 5.69 Å². The molecule has 0 radical (unpaired) electrons. The fraction of sp³-hybridized carbons (Fsp3) is 0.154. The Morgan fingerprint density at radius 2 is 1.80 bits per heavy atom. The van der Waals surface area contributed by atoms with Crippen molar-refractivity contribution in [2.45, 2.75) is 6.42 Å². The standard InChI is InChI=1S/C13H13NO/c15-9-8-11-6-7-13(14-10-11)12-4-2-1-3-5-12/h1-7,10,15H,8-9H2. The van der Waals surface area contributed by atoms with Crippen LogP contribution in [0.3, 0.4) is 0 Å². The molecule has 76 valence electrons. The van der Waals surface area contributed by atoms with Crippen LogP contribution >= 0.6 is 0 Å². The average molecular weight is 199 g/mol. The van der Waals surface area contributed by atoms with Crippen LogP contribution in [0, 0.1) is 0 Å². The van der Waals surface area contributed by atoms with Crippen molar-refractivity contribution in [2.75, 3.05) is 6.61 Å². The highest BCUT2D eigenvalue weighted by Gasteiger charge is 1.98. The first-order chi connectivity index (χ1) is 7.40. The van der Waals surface area contributed by atoms with E-state index in [1.165, 1.54) is 0 Å².